The van der Waals surface area contributed by atoms with E-state index < -0.39 is 5.60 Å². The predicted molar refractivity (Wildman–Crippen MR) is 118 cm³/mol. The Labute approximate surface area is 185 Å². The maximum absolute atomic E-state index is 13.4. The van der Waals surface area contributed by atoms with Crippen LogP contribution < -0.4 is 0 Å². The molecule has 1 aliphatic rings. The van der Waals surface area contributed by atoms with Crippen molar-refractivity contribution in [1.82, 2.24) is 9.97 Å². The zero-order valence-corrected chi connectivity index (χ0v) is 18.3. The van der Waals surface area contributed by atoms with Crippen molar-refractivity contribution in [1.29, 1.82) is 0 Å². The third kappa shape index (κ3) is 4.06. The van der Waals surface area contributed by atoms with Gasteiger partial charge in [0.05, 0.1) is 24.0 Å². The second-order valence-corrected chi connectivity index (χ2v) is 8.36. The van der Waals surface area contributed by atoms with Gasteiger partial charge in [-0.1, -0.05) is 17.3 Å². The van der Waals surface area contributed by atoms with Gasteiger partial charge in [-0.25, -0.2) is 4.39 Å². The molecule has 3 aromatic rings. The Morgan fingerprint density at radius 3 is 2.44 bits per heavy atom. The fourth-order valence-electron chi connectivity index (χ4n) is 3.43. The second kappa shape index (κ2) is 8.07. The van der Waals surface area contributed by atoms with Gasteiger partial charge >= 0.3 is 0 Å². The lowest BCUT2D eigenvalue weighted by atomic mass is 9.93. The Kier molecular flexibility index (Phi) is 5.42. The van der Waals surface area contributed by atoms with Crippen molar-refractivity contribution in [3.05, 3.63) is 82.6 Å². The lowest BCUT2D eigenvalue weighted by Gasteiger charge is -2.12. The SMILES string of the molecule is Cc1cc(C(=O)Cc2cnc(-c3cc(C4=NOC(C)(C)C4=O)ccc3C)cn2)ccc1F. The fourth-order valence-corrected chi connectivity index (χ4v) is 3.43. The Balaban J connectivity index is 1.56. The van der Waals surface area contributed by atoms with Crippen LogP contribution >= 0.6 is 0 Å². The molecule has 0 amide bonds. The van der Waals surface area contributed by atoms with Crippen LogP contribution in [-0.2, 0) is 16.1 Å². The van der Waals surface area contributed by atoms with Gasteiger partial charge in [-0.2, -0.15) is 0 Å². The number of rotatable bonds is 5. The van der Waals surface area contributed by atoms with E-state index in [-0.39, 0.29) is 29.5 Å². The van der Waals surface area contributed by atoms with E-state index in [0.717, 1.165) is 11.1 Å². The van der Waals surface area contributed by atoms with Gasteiger partial charge in [-0.05, 0) is 63.1 Å². The van der Waals surface area contributed by atoms with Gasteiger partial charge in [-0.3, -0.25) is 19.6 Å². The summed E-state index contributed by atoms with van der Waals surface area (Å²) in [5.74, 6) is -0.680. The first-order valence-electron chi connectivity index (χ1n) is 10.2. The van der Waals surface area contributed by atoms with Crippen LogP contribution in [0.1, 0.15) is 46.6 Å². The monoisotopic (exact) mass is 431 g/mol. The molecule has 0 saturated carbocycles. The highest BCUT2D eigenvalue weighted by Crippen LogP contribution is 2.27. The fraction of sp³-hybridized carbons (Fsp3) is 0.240. The average molecular weight is 431 g/mol. The predicted octanol–water partition coefficient (Wildman–Crippen LogP) is 4.41. The van der Waals surface area contributed by atoms with Gasteiger partial charge in [0.15, 0.2) is 17.1 Å². The number of oxime groups is 1. The van der Waals surface area contributed by atoms with Crippen LogP contribution in [0.2, 0.25) is 0 Å². The molecule has 0 spiro atoms. The summed E-state index contributed by atoms with van der Waals surface area (Å²) in [6.45, 7) is 6.92. The molecule has 2 heterocycles. The van der Waals surface area contributed by atoms with E-state index in [9.17, 15) is 14.0 Å². The van der Waals surface area contributed by atoms with Crippen LogP contribution in [0.15, 0.2) is 53.9 Å². The highest BCUT2D eigenvalue weighted by Gasteiger charge is 2.40. The van der Waals surface area contributed by atoms with E-state index in [1.165, 1.54) is 18.2 Å². The van der Waals surface area contributed by atoms with Crippen LogP contribution in [0.4, 0.5) is 4.39 Å². The number of carbonyl (C=O) groups excluding carboxylic acids is 2. The number of benzene rings is 2. The first-order valence-corrected chi connectivity index (χ1v) is 10.2. The van der Waals surface area contributed by atoms with Crippen molar-refractivity contribution in [2.24, 2.45) is 5.16 Å². The van der Waals surface area contributed by atoms with Crippen LogP contribution in [0.25, 0.3) is 11.3 Å². The normalized spacial score (nSPS) is 14.8. The second-order valence-electron chi connectivity index (χ2n) is 8.36. The number of halogens is 1. The number of carbonyl (C=O) groups is 2. The molecule has 0 atom stereocenters. The van der Waals surface area contributed by atoms with Gasteiger partial charge in [0.25, 0.3) is 0 Å². The van der Waals surface area contributed by atoms with Crippen molar-refractivity contribution >= 4 is 17.3 Å². The van der Waals surface area contributed by atoms with Gasteiger partial charge in [0.1, 0.15) is 5.82 Å². The molecular formula is C25H22FN3O3. The Morgan fingerprint density at radius 1 is 1.03 bits per heavy atom. The van der Waals surface area contributed by atoms with E-state index in [0.29, 0.717) is 28.1 Å². The summed E-state index contributed by atoms with van der Waals surface area (Å²) in [6, 6.07) is 9.85. The first-order chi connectivity index (χ1) is 15.2. The third-order valence-corrected chi connectivity index (χ3v) is 5.44. The standard InChI is InChI=1S/C25H22FN3O3/c1-14-5-6-17(23-24(31)25(3,4)32-29-23)10-19(14)21-13-27-18(12-28-21)11-22(30)16-7-8-20(26)15(2)9-16/h5-10,12-13H,11H2,1-4H3. The van der Waals surface area contributed by atoms with Crippen LogP contribution in [0.3, 0.4) is 0 Å². The van der Waals surface area contributed by atoms with Gasteiger partial charge < -0.3 is 4.84 Å². The van der Waals surface area contributed by atoms with E-state index in [1.54, 1.807) is 33.2 Å². The molecule has 0 aliphatic carbocycles. The highest BCUT2D eigenvalue weighted by atomic mass is 19.1. The molecule has 2 aromatic carbocycles. The summed E-state index contributed by atoms with van der Waals surface area (Å²) in [4.78, 5) is 39.2. The lowest BCUT2D eigenvalue weighted by molar-refractivity contribution is -0.128. The molecule has 0 fully saturated rings. The van der Waals surface area contributed by atoms with Crippen molar-refractivity contribution in [3.63, 3.8) is 0 Å². The van der Waals surface area contributed by atoms with Crippen molar-refractivity contribution in [2.45, 2.75) is 39.7 Å². The lowest BCUT2D eigenvalue weighted by Crippen LogP contribution is -2.33. The Hall–Kier alpha value is -3.74. The molecule has 1 aliphatic heterocycles. The number of nitrogens with zero attached hydrogens (tertiary/aromatic N) is 3. The van der Waals surface area contributed by atoms with Gasteiger partial charge in [-0.15, -0.1) is 0 Å². The number of Topliss-reactive ketones (excluding diaryl/α,β-unsaturated/α-hetero) is 2. The number of ketones is 2. The maximum atomic E-state index is 13.4. The van der Waals surface area contributed by atoms with Crippen LogP contribution in [0.5, 0.6) is 0 Å². The molecule has 0 radical (unpaired) electrons. The first kappa shape index (κ1) is 21.5. The minimum Gasteiger partial charge on any atom is -0.381 e. The van der Waals surface area contributed by atoms with Crippen LogP contribution in [-0.4, -0.2) is 32.8 Å². The Morgan fingerprint density at radius 2 is 1.81 bits per heavy atom. The van der Waals surface area contributed by atoms with Crippen molar-refractivity contribution < 1.29 is 18.8 Å². The molecule has 0 unspecified atom stereocenters. The Bertz CT molecular complexity index is 1260. The smallest absolute Gasteiger partial charge is 0.230 e. The number of aromatic nitrogens is 2. The molecule has 0 N–H and O–H groups in total. The van der Waals surface area contributed by atoms with Crippen LogP contribution in [0, 0.1) is 19.7 Å². The topological polar surface area (TPSA) is 81.5 Å². The minimum atomic E-state index is -0.975. The number of hydrogen-bond donors (Lipinski definition) is 0. The highest BCUT2D eigenvalue weighted by molar-refractivity contribution is 6.49. The molecular weight excluding hydrogens is 409 g/mol. The zero-order valence-electron chi connectivity index (χ0n) is 18.3. The third-order valence-electron chi connectivity index (χ3n) is 5.44. The molecule has 0 saturated heterocycles. The number of hydrogen-bond acceptors (Lipinski definition) is 6. The zero-order chi connectivity index (χ0) is 23.0. The quantitative estimate of drug-likeness (QED) is 0.559. The summed E-state index contributed by atoms with van der Waals surface area (Å²) in [7, 11) is 0. The largest absolute Gasteiger partial charge is 0.381 e. The maximum Gasteiger partial charge on any atom is 0.230 e. The summed E-state index contributed by atoms with van der Waals surface area (Å²) in [6.07, 6.45) is 3.22. The molecule has 6 nitrogen and oxygen atoms in total. The average Bonchev–Trinajstić information content (AvgIpc) is 3.04. The summed E-state index contributed by atoms with van der Waals surface area (Å²) < 4.78 is 13.4. The van der Waals surface area contributed by atoms with E-state index in [1.807, 2.05) is 25.1 Å². The van der Waals surface area contributed by atoms with E-state index in [2.05, 4.69) is 15.1 Å². The minimum absolute atomic E-state index is 0.0646. The summed E-state index contributed by atoms with van der Waals surface area (Å²) in [5.41, 5.74) is 3.70. The summed E-state index contributed by atoms with van der Waals surface area (Å²) >= 11 is 0. The molecule has 4 rings (SSSR count). The van der Waals surface area contributed by atoms with Crippen molar-refractivity contribution in [3.8, 4) is 11.3 Å². The van der Waals surface area contributed by atoms with E-state index >= 15 is 0 Å². The molecule has 1 aromatic heterocycles. The van der Waals surface area contributed by atoms with Crippen molar-refractivity contribution in [2.75, 3.05) is 0 Å². The van der Waals surface area contributed by atoms with E-state index in [4.69, 9.17) is 4.84 Å². The summed E-state index contributed by atoms with van der Waals surface area (Å²) in [5, 5.41) is 3.96. The molecule has 0 bridgehead atoms. The van der Waals surface area contributed by atoms with Gasteiger partial charge in [0.2, 0.25) is 5.78 Å². The molecule has 7 heteroatoms. The van der Waals surface area contributed by atoms with Gasteiger partial charge in [0, 0.05) is 22.9 Å². The number of aryl methyl sites for hydroxylation is 2. The molecule has 32 heavy (non-hydrogen) atoms. The molecule has 162 valence electrons.